The first-order valence-corrected chi connectivity index (χ1v) is 12.7. The molecule has 8 nitrogen and oxygen atoms in total. The molecule has 0 atom stereocenters. The fourth-order valence-corrected chi connectivity index (χ4v) is 5.07. The first kappa shape index (κ1) is 23.6. The molecule has 38 heavy (non-hydrogen) atoms. The van der Waals surface area contributed by atoms with E-state index in [0.717, 1.165) is 42.8 Å². The van der Waals surface area contributed by atoms with Crippen LogP contribution in [0.4, 0.5) is 11.5 Å². The third-order valence-corrected chi connectivity index (χ3v) is 7.22. The van der Waals surface area contributed by atoms with Gasteiger partial charge in [0.05, 0.1) is 18.8 Å². The maximum atomic E-state index is 12.2. The highest BCUT2D eigenvalue weighted by Gasteiger charge is 2.12. The number of rotatable bonds is 6. The lowest BCUT2D eigenvalue weighted by molar-refractivity contribution is 0.413. The average Bonchev–Trinajstić information content (AvgIpc) is 2.95. The van der Waals surface area contributed by atoms with Gasteiger partial charge in [-0.3, -0.25) is 9.78 Å². The minimum Gasteiger partial charge on any atom is -0.495 e. The molecule has 0 aliphatic heterocycles. The fraction of sp³-hybridized carbons (Fsp3) is 0.0690. The van der Waals surface area contributed by atoms with E-state index in [9.17, 15) is 4.79 Å². The number of anilines is 2. The molecule has 0 fully saturated rings. The van der Waals surface area contributed by atoms with Gasteiger partial charge in [0.1, 0.15) is 17.0 Å². The van der Waals surface area contributed by atoms with Gasteiger partial charge in [0.2, 0.25) is 0 Å². The molecule has 9 heteroatoms. The molecule has 2 aromatic carbocycles. The summed E-state index contributed by atoms with van der Waals surface area (Å²) in [5.41, 5.74) is 3.82. The first-order valence-electron chi connectivity index (χ1n) is 11.9. The van der Waals surface area contributed by atoms with Crippen molar-refractivity contribution in [2.75, 3.05) is 12.4 Å². The molecule has 186 valence electrons. The molecule has 4 aromatic heterocycles. The molecule has 0 spiro atoms. The number of nitrogens with one attached hydrogen (secondary N) is 1. The van der Waals surface area contributed by atoms with Crippen LogP contribution >= 0.6 is 11.8 Å². The number of aromatic nitrogens is 5. The van der Waals surface area contributed by atoms with Gasteiger partial charge < -0.3 is 14.6 Å². The number of fused-ring (bicyclic) bond motifs is 2. The summed E-state index contributed by atoms with van der Waals surface area (Å²) in [7, 11) is 3.34. The zero-order valence-electron chi connectivity index (χ0n) is 20.6. The Hall–Kier alpha value is -4.76. The van der Waals surface area contributed by atoms with E-state index in [4.69, 9.17) is 4.74 Å². The summed E-state index contributed by atoms with van der Waals surface area (Å²) in [5.74, 6) is 1.33. The summed E-state index contributed by atoms with van der Waals surface area (Å²) in [6.45, 7) is 0. The SMILES string of the molecule is COc1cnc2c(Sc3ccc(Nc4nnc(-c5ccn(C)c(=O)c5)c5ccccc45)cc3)ccnc2c1. The second-order valence-corrected chi connectivity index (χ2v) is 9.73. The average molecular weight is 519 g/mol. The highest BCUT2D eigenvalue weighted by atomic mass is 32.2. The highest BCUT2D eigenvalue weighted by Crippen LogP contribution is 2.34. The van der Waals surface area contributed by atoms with E-state index in [2.05, 4.69) is 25.5 Å². The Labute approximate surface area is 222 Å². The van der Waals surface area contributed by atoms with Gasteiger partial charge in [0.15, 0.2) is 5.82 Å². The number of aryl methyl sites for hydroxylation is 1. The topological polar surface area (TPSA) is 94.8 Å². The Morgan fingerprint density at radius 3 is 2.53 bits per heavy atom. The molecule has 0 saturated heterocycles. The van der Waals surface area contributed by atoms with Crippen molar-refractivity contribution in [3.05, 3.63) is 102 Å². The van der Waals surface area contributed by atoms with Gasteiger partial charge in [-0.25, -0.2) is 4.98 Å². The summed E-state index contributed by atoms with van der Waals surface area (Å²) in [4.78, 5) is 23.2. The second-order valence-electron chi connectivity index (χ2n) is 8.61. The van der Waals surface area contributed by atoms with Crippen LogP contribution in [-0.2, 0) is 7.05 Å². The van der Waals surface area contributed by atoms with Gasteiger partial charge in [-0.1, -0.05) is 36.0 Å². The molecule has 0 aliphatic carbocycles. The van der Waals surface area contributed by atoms with Crippen LogP contribution in [0.2, 0.25) is 0 Å². The Morgan fingerprint density at radius 1 is 0.921 bits per heavy atom. The van der Waals surface area contributed by atoms with Crippen LogP contribution in [0, 0.1) is 0 Å². The predicted octanol–water partition coefficient (Wildman–Crippen LogP) is 5.84. The third-order valence-electron chi connectivity index (χ3n) is 6.16. The number of hydrogen-bond acceptors (Lipinski definition) is 8. The Balaban J connectivity index is 1.27. The molecular formula is C29H22N6O2S. The lowest BCUT2D eigenvalue weighted by atomic mass is 10.1. The summed E-state index contributed by atoms with van der Waals surface area (Å²) < 4.78 is 6.80. The van der Waals surface area contributed by atoms with Gasteiger partial charge in [-0.05, 0) is 36.4 Å². The lowest BCUT2D eigenvalue weighted by Crippen LogP contribution is -2.14. The molecule has 1 N–H and O–H groups in total. The van der Waals surface area contributed by atoms with Crippen molar-refractivity contribution >= 4 is 45.1 Å². The maximum Gasteiger partial charge on any atom is 0.250 e. The van der Waals surface area contributed by atoms with Gasteiger partial charge in [0, 0.05) is 63.4 Å². The van der Waals surface area contributed by atoms with Crippen molar-refractivity contribution in [3.8, 4) is 17.0 Å². The number of methoxy groups -OCH3 is 1. The highest BCUT2D eigenvalue weighted by molar-refractivity contribution is 7.99. The first-order chi connectivity index (χ1) is 18.6. The molecular weight excluding hydrogens is 496 g/mol. The van der Waals surface area contributed by atoms with Crippen molar-refractivity contribution in [2.45, 2.75) is 9.79 Å². The Kier molecular flexibility index (Phi) is 6.19. The van der Waals surface area contributed by atoms with Crippen LogP contribution in [0.25, 0.3) is 33.1 Å². The molecule has 4 heterocycles. The fourth-order valence-electron chi connectivity index (χ4n) is 4.16. The zero-order valence-corrected chi connectivity index (χ0v) is 21.4. The van der Waals surface area contributed by atoms with Gasteiger partial charge in [-0.2, -0.15) is 0 Å². The molecule has 0 saturated carbocycles. The van der Waals surface area contributed by atoms with Crippen LogP contribution in [0.5, 0.6) is 5.75 Å². The Morgan fingerprint density at radius 2 is 1.74 bits per heavy atom. The molecule has 0 bridgehead atoms. The van der Waals surface area contributed by atoms with Gasteiger partial charge >= 0.3 is 0 Å². The van der Waals surface area contributed by atoms with Crippen LogP contribution in [0.15, 0.2) is 106 Å². The van der Waals surface area contributed by atoms with E-state index in [0.29, 0.717) is 17.3 Å². The Bertz CT molecular complexity index is 1850. The summed E-state index contributed by atoms with van der Waals surface area (Å²) in [6.07, 6.45) is 5.22. The van der Waals surface area contributed by atoms with Crippen LogP contribution in [0.3, 0.4) is 0 Å². The van der Waals surface area contributed by atoms with Crippen LogP contribution < -0.4 is 15.6 Å². The second kappa shape index (κ2) is 9.95. The number of nitrogens with zero attached hydrogens (tertiary/aromatic N) is 5. The van der Waals surface area contributed by atoms with E-state index in [1.165, 1.54) is 4.57 Å². The smallest absolute Gasteiger partial charge is 0.250 e. The summed E-state index contributed by atoms with van der Waals surface area (Å²) in [6, 6.07) is 23.3. The predicted molar refractivity (Wildman–Crippen MR) is 150 cm³/mol. The van der Waals surface area contributed by atoms with Gasteiger partial charge in [0.25, 0.3) is 5.56 Å². The molecule has 6 rings (SSSR count). The van der Waals surface area contributed by atoms with E-state index >= 15 is 0 Å². The van der Waals surface area contributed by atoms with Crippen LogP contribution in [0.1, 0.15) is 0 Å². The maximum absolute atomic E-state index is 12.2. The quantitative estimate of drug-likeness (QED) is 0.294. The van der Waals surface area contributed by atoms with E-state index in [1.54, 1.807) is 50.6 Å². The molecule has 0 radical (unpaired) electrons. The van der Waals surface area contributed by atoms with Crippen LogP contribution in [-0.4, -0.2) is 31.8 Å². The van der Waals surface area contributed by atoms with E-state index in [1.807, 2.05) is 66.7 Å². The third kappa shape index (κ3) is 4.55. The molecule has 0 unspecified atom stereocenters. The zero-order chi connectivity index (χ0) is 26.1. The minimum atomic E-state index is -0.0937. The number of benzene rings is 2. The standard InChI is InChI=1S/C29H22N6O2S/c1-35-14-12-18(15-26(35)36)27-22-5-3-4-6-23(22)29(34-33-27)32-19-7-9-21(10-8-19)38-25-11-13-30-24-16-20(37-2)17-31-28(24)25/h3-17H,1-2H3,(H,32,34). The monoisotopic (exact) mass is 518 g/mol. The molecule has 6 aromatic rings. The number of ether oxygens (including phenoxy) is 1. The van der Waals surface area contributed by atoms with Crippen molar-refractivity contribution in [2.24, 2.45) is 7.05 Å². The normalized spacial score (nSPS) is 11.1. The summed E-state index contributed by atoms with van der Waals surface area (Å²) in [5, 5.41) is 14.2. The van der Waals surface area contributed by atoms with Crippen molar-refractivity contribution in [3.63, 3.8) is 0 Å². The van der Waals surface area contributed by atoms with Crippen molar-refractivity contribution in [1.82, 2.24) is 24.7 Å². The molecule has 0 aliphatic rings. The van der Waals surface area contributed by atoms with E-state index in [-0.39, 0.29) is 5.56 Å². The lowest BCUT2D eigenvalue weighted by Gasteiger charge is -2.12. The minimum absolute atomic E-state index is 0.0937. The summed E-state index contributed by atoms with van der Waals surface area (Å²) >= 11 is 1.62. The van der Waals surface area contributed by atoms with Crippen molar-refractivity contribution < 1.29 is 4.74 Å². The van der Waals surface area contributed by atoms with Crippen molar-refractivity contribution in [1.29, 1.82) is 0 Å². The number of hydrogen-bond donors (Lipinski definition) is 1. The van der Waals surface area contributed by atoms with Gasteiger partial charge in [-0.15, -0.1) is 10.2 Å². The van der Waals surface area contributed by atoms with E-state index < -0.39 is 0 Å². The largest absolute Gasteiger partial charge is 0.495 e. The molecule has 0 amide bonds. The number of pyridine rings is 3.